The van der Waals surface area contributed by atoms with Crippen LogP contribution in [0.5, 0.6) is 0 Å². The van der Waals surface area contributed by atoms with Crippen molar-refractivity contribution in [3.63, 3.8) is 0 Å². The molecule has 1 unspecified atom stereocenters. The summed E-state index contributed by atoms with van der Waals surface area (Å²) in [7, 11) is -3.13. The lowest BCUT2D eigenvalue weighted by atomic mass is 9.82. The summed E-state index contributed by atoms with van der Waals surface area (Å²) < 4.78 is 26.5. The zero-order valence-corrected chi connectivity index (χ0v) is 20.2. The lowest BCUT2D eigenvalue weighted by Crippen LogP contribution is -2.24. The van der Waals surface area contributed by atoms with Gasteiger partial charge in [0.2, 0.25) is 0 Å². The van der Waals surface area contributed by atoms with Gasteiger partial charge in [-0.3, -0.25) is 0 Å². The van der Waals surface area contributed by atoms with E-state index in [0.29, 0.717) is 0 Å². The van der Waals surface area contributed by atoms with Gasteiger partial charge in [-0.05, 0) is 75.5 Å². The first-order valence-electron chi connectivity index (χ1n) is 11.0. The Morgan fingerprint density at radius 2 is 1.66 bits per heavy atom. The monoisotopic (exact) mass is 504 g/mol. The number of fused-ring (bicyclic) bond motifs is 5. The Balaban J connectivity index is 1.31. The first kappa shape index (κ1) is 21.4. The van der Waals surface area contributed by atoms with Crippen LogP contribution >= 0.6 is 15.9 Å². The van der Waals surface area contributed by atoms with Crippen LogP contribution in [0.4, 0.5) is 0 Å². The van der Waals surface area contributed by atoms with Crippen LogP contribution in [0.3, 0.4) is 0 Å². The van der Waals surface area contributed by atoms with Gasteiger partial charge in [-0.25, -0.2) is 8.42 Å². The molecule has 0 spiro atoms. The highest BCUT2D eigenvalue weighted by Gasteiger charge is 2.25. The number of sulfone groups is 1. The van der Waals surface area contributed by atoms with Gasteiger partial charge in [0.1, 0.15) is 0 Å². The molecule has 1 aliphatic carbocycles. The summed E-state index contributed by atoms with van der Waals surface area (Å²) in [6, 6.07) is 25.2. The van der Waals surface area contributed by atoms with Crippen LogP contribution in [0.25, 0.3) is 27.6 Å². The average molecular weight is 505 g/mol. The molecule has 4 aromatic rings. The van der Waals surface area contributed by atoms with Crippen LogP contribution < -0.4 is 0 Å². The normalized spacial score (nSPS) is 16.6. The second kappa shape index (κ2) is 8.84. The predicted molar refractivity (Wildman–Crippen MR) is 139 cm³/mol. The van der Waals surface area contributed by atoms with Gasteiger partial charge in [0.25, 0.3) is 0 Å². The lowest BCUT2D eigenvalue weighted by Gasteiger charge is -2.26. The minimum absolute atomic E-state index is 0.0934. The van der Waals surface area contributed by atoms with Crippen molar-refractivity contribution in [2.24, 2.45) is 5.92 Å². The zero-order chi connectivity index (χ0) is 22.1. The van der Waals surface area contributed by atoms with Gasteiger partial charge in [-0.2, -0.15) is 0 Å². The second-order valence-corrected chi connectivity index (χ2v) is 11.8. The highest BCUT2D eigenvalue weighted by Crippen LogP contribution is 2.35. The highest BCUT2D eigenvalue weighted by molar-refractivity contribution is 9.10. The van der Waals surface area contributed by atoms with Gasteiger partial charge in [-0.1, -0.05) is 88.7 Å². The van der Waals surface area contributed by atoms with E-state index in [-0.39, 0.29) is 17.4 Å². The van der Waals surface area contributed by atoms with Gasteiger partial charge < -0.3 is 0 Å². The van der Waals surface area contributed by atoms with Crippen molar-refractivity contribution in [2.45, 2.75) is 19.3 Å². The third-order valence-electron chi connectivity index (χ3n) is 6.47. The maximum absolute atomic E-state index is 12.8. The van der Waals surface area contributed by atoms with E-state index in [2.05, 4.69) is 64.5 Å². The van der Waals surface area contributed by atoms with E-state index < -0.39 is 9.84 Å². The van der Waals surface area contributed by atoms with Crippen LogP contribution in [0, 0.1) is 5.92 Å². The highest BCUT2D eigenvalue weighted by atomic mass is 79.9. The zero-order valence-electron chi connectivity index (χ0n) is 17.8. The Labute approximate surface area is 198 Å². The molecule has 32 heavy (non-hydrogen) atoms. The van der Waals surface area contributed by atoms with E-state index >= 15 is 0 Å². The molecule has 0 bridgehead atoms. The molecule has 2 nitrogen and oxygen atoms in total. The Morgan fingerprint density at radius 1 is 0.875 bits per heavy atom. The number of benzene rings is 4. The Kier molecular flexibility index (Phi) is 5.92. The molecule has 5 rings (SSSR count). The molecule has 0 amide bonds. The van der Waals surface area contributed by atoms with Crippen LogP contribution in [0.1, 0.15) is 23.1 Å². The largest absolute Gasteiger partial charge is 0.229 e. The van der Waals surface area contributed by atoms with Crippen LogP contribution in [0.15, 0.2) is 83.3 Å². The fourth-order valence-electron chi connectivity index (χ4n) is 4.92. The maximum Gasteiger partial charge on any atom is 0.154 e. The fourth-order valence-corrected chi connectivity index (χ4v) is 6.71. The number of halogens is 1. The topological polar surface area (TPSA) is 34.1 Å². The van der Waals surface area contributed by atoms with Crippen LogP contribution in [-0.2, 0) is 22.7 Å². The summed E-state index contributed by atoms with van der Waals surface area (Å²) >= 11 is 3.42. The van der Waals surface area contributed by atoms with Crippen LogP contribution in [0.2, 0.25) is 0 Å². The van der Waals surface area contributed by atoms with E-state index in [4.69, 9.17) is 0 Å². The van der Waals surface area contributed by atoms with Crippen molar-refractivity contribution >= 4 is 53.4 Å². The van der Waals surface area contributed by atoms with E-state index in [1.54, 1.807) is 6.08 Å². The first-order chi connectivity index (χ1) is 15.5. The van der Waals surface area contributed by atoms with Crippen molar-refractivity contribution in [2.75, 3.05) is 11.5 Å². The summed E-state index contributed by atoms with van der Waals surface area (Å²) in [4.78, 5) is 0. The molecule has 4 aromatic carbocycles. The molecule has 162 valence electrons. The van der Waals surface area contributed by atoms with Crippen molar-refractivity contribution in [1.29, 1.82) is 0 Å². The van der Waals surface area contributed by atoms with Crippen LogP contribution in [-0.4, -0.2) is 19.9 Å². The summed E-state index contributed by atoms with van der Waals surface area (Å²) in [5, 5.41) is 5.16. The first-order valence-corrected chi connectivity index (χ1v) is 13.6. The molecular weight excluding hydrogens is 480 g/mol. The van der Waals surface area contributed by atoms with Gasteiger partial charge in [0.15, 0.2) is 9.84 Å². The molecule has 1 aliphatic rings. The summed E-state index contributed by atoms with van der Waals surface area (Å²) in [6.07, 6.45) is 6.37. The van der Waals surface area contributed by atoms with E-state index in [1.165, 1.54) is 32.7 Å². The van der Waals surface area contributed by atoms with Gasteiger partial charge in [0, 0.05) is 4.47 Å². The minimum Gasteiger partial charge on any atom is -0.229 e. The number of aryl methyl sites for hydroxylation is 1. The molecule has 0 N–H and O–H groups in total. The molecule has 0 fully saturated rings. The Bertz CT molecular complexity index is 1420. The Morgan fingerprint density at radius 3 is 2.50 bits per heavy atom. The van der Waals surface area contributed by atoms with Crippen molar-refractivity contribution < 1.29 is 8.42 Å². The van der Waals surface area contributed by atoms with E-state index in [1.807, 2.05) is 30.3 Å². The number of rotatable bonds is 5. The molecule has 0 heterocycles. The summed E-state index contributed by atoms with van der Waals surface area (Å²) in [5.41, 5.74) is 3.72. The average Bonchev–Trinajstić information content (AvgIpc) is 2.79. The molecule has 1 atom stereocenters. The molecule has 0 aliphatic heterocycles. The van der Waals surface area contributed by atoms with Crippen molar-refractivity contribution in [1.82, 2.24) is 0 Å². The predicted octanol–water partition coefficient (Wildman–Crippen LogP) is 6.99. The summed E-state index contributed by atoms with van der Waals surface area (Å²) in [6.45, 7) is 0. The number of hydrogen-bond acceptors (Lipinski definition) is 2. The molecule has 0 saturated carbocycles. The van der Waals surface area contributed by atoms with Gasteiger partial charge in [-0.15, -0.1) is 0 Å². The third-order valence-corrected chi connectivity index (χ3v) is 8.67. The van der Waals surface area contributed by atoms with Gasteiger partial charge >= 0.3 is 0 Å². The second-order valence-electron chi connectivity index (χ2n) is 8.72. The fraction of sp³-hybridized carbons (Fsp3) is 0.214. The molecule has 0 radical (unpaired) electrons. The molecule has 0 saturated heterocycles. The summed E-state index contributed by atoms with van der Waals surface area (Å²) in [5.74, 6) is 0.537. The quantitative estimate of drug-likeness (QED) is 0.274. The van der Waals surface area contributed by atoms with Gasteiger partial charge in [0.05, 0.1) is 11.5 Å². The SMILES string of the molecule is O=S(=O)(CC=Cc1ccc(Br)cc1)CC1CCc2c(ccc3c2ccc2ccccc23)C1. The molecule has 4 heteroatoms. The number of hydrogen-bond donors (Lipinski definition) is 0. The smallest absolute Gasteiger partial charge is 0.154 e. The lowest BCUT2D eigenvalue weighted by molar-refractivity contribution is 0.494. The Hall–Kier alpha value is -2.43. The van der Waals surface area contributed by atoms with Crippen molar-refractivity contribution in [3.05, 3.63) is 100 Å². The molecule has 0 aromatic heterocycles. The minimum atomic E-state index is -3.13. The standard InChI is InChI=1S/C28H25BrO2S/c29-24-12-7-20(8-13-24)4-3-17-32(30,31)19-21-9-14-26-23(18-21)11-16-27-25-6-2-1-5-22(25)10-15-28(26)27/h1-8,10-13,15-16,21H,9,14,17-19H2. The molecular formula is C28H25BrO2S. The third kappa shape index (κ3) is 4.53. The van der Waals surface area contributed by atoms with E-state index in [9.17, 15) is 8.42 Å². The van der Waals surface area contributed by atoms with Crippen molar-refractivity contribution in [3.8, 4) is 0 Å². The van der Waals surface area contributed by atoms with E-state index in [0.717, 1.165) is 29.3 Å². The maximum atomic E-state index is 12.8.